The Balaban J connectivity index is 2.52. The SMILES string of the molecule is CC(C)N(CCOc1cccc([N+](=O)[O-])c1)CC(N)=O. The zero-order valence-corrected chi connectivity index (χ0v) is 11.6. The summed E-state index contributed by atoms with van der Waals surface area (Å²) in [5, 5.41) is 10.6. The van der Waals surface area contributed by atoms with E-state index in [1.165, 1.54) is 12.1 Å². The minimum atomic E-state index is -0.472. The van der Waals surface area contributed by atoms with Crippen molar-refractivity contribution in [1.29, 1.82) is 0 Å². The van der Waals surface area contributed by atoms with E-state index in [2.05, 4.69) is 0 Å². The summed E-state index contributed by atoms with van der Waals surface area (Å²) < 4.78 is 5.46. The molecule has 1 aromatic rings. The summed E-state index contributed by atoms with van der Waals surface area (Å²) in [6.45, 7) is 4.92. The number of carbonyl (C=O) groups excluding carboxylic acids is 1. The van der Waals surface area contributed by atoms with Crippen LogP contribution in [0.1, 0.15) is 13.8 Å². The molecule has 1 rings (SSSR count). The molecular formula is C13H19N3O4. The Kier molecular flexibility index (Phi) is 5.92. The Labute approximate surface area is 117 Å². The molecule has 0 bridgehead atoms. The molecule has 1 amide bonds. The van der Waals surface area contributed by atoms with Crippen molar-refractivity contribution in [2.75, 3.05) is 19.7 Å². The molecule has 1 aromatic carbocycles. The van der Waals surface area contributed by atoms with Crippen molar-refractivity contribution in [3.63, 3.8) is 0 Å². The number of nitro groups is 1. The van der Waals surface area contributed by atoms with Crippen LogP contribution < -0.4 is 10.5 Å². The lowest BCUT2D eigenvalue weighted by molar-refractivity contribution is -0.384. The smallest absolute Gasteiger partial charge is 0.273 e. The molecule has 2 N–H and O–H groups in total. The van der Waals surface area contributed by atoms with Crippen LogP contribution in [0.2, 0.25) is 0 Å². The third kappa shape index (κ3) is 5.23. The maximum absolute atomic E-state index is 10.9. The molecule has 0 aliphatic heterocycles. The first-order chi connectivity index (χ1) is 9.40. The minimum Gasteiger partial charge on any atom is -0.492 e. The average Bonchev–Trinajstić information content (AvgIpc) is 2.37. The maximum Gasteiger partial charge on any atom is 0.273 e. The van der Waals surface area contributed by atoms with E-state index in [4.69, 9.17) is 10.5 Å². The molecule has 0 aromatic heterocycles. The van der Waals surface area contributed by atoms with E-state index in [-0.39, 0.29) is 18.3 Å². The number of nitrogens with two attached hydrogens (primary N) is 1. The predicted octanol–water partition coefficient (Wildman–Crippen LogP) is 1.17. The molecule has 0 radical (unpaired) electrons. The number of benzene rings is 1. The van der Waals surface area contributed by atoms with Crippen molar-refractivity contribution in [3.05, 3.63) is 34.4 Å². The van der Waals surface area contributed by atoms with E-state index >= 15 is 0 Å². The summed E-state index contributed by atoms with van der Waals surface area (Å²) in [7, 11) is 0. The van der Waals surface area contributed by atoms with Gasteiger partial charge in [0.15, 0.2) is 0 Å². The standard InChI is InChI=1S/C13H19N3O4/c1-10(2)15(9-13(14)17)6-7-20-12-5-3-4-11(8-12)16(18)19/h3-5,8,10H,6-7,9H2,1-2H3,(H2,14,17). The number of nitrogens with zero attached hydrogens (tertiary/aromatic N) is 2. The van der Waals surface area contributed by atoms with E-state index in [1.807, 2.05) is 18.7 Å². The van der Waals surface area contributed by atoms with Gasteiger partial charge in [0, 0.05) is 18.7 Å². The Hall–Kier alpha value is -2.15. The van der Waals surface area contributed by atoms with Gasteiger partial charge >= 0.3 is 0 Å². The lowest BCUT2D eigenvalue weighted by Gasteiger charge is -2.24. The minimum absolute atomic E-state index is 0.0136. The Morgan fingerprint density at radius 2 is 2.20 bits per heavy atom. The largest absolute Gasteiger partial charge is 0.492 e. The van der Waals surface area contributed by atoms with Crippen LogP contribution in [0.4, 0.5) is 5.69 Å². The van der Waals surface area contributed by atoms with E-state index in [1.54, 1.807) is 12.1 Å². The first-order valence-corrected chi connectivity index (χ1v) is 6.29. The van der Waals surface area contributed by atoms with Crippen molar-refractivity contribution in [3.8, 4) is 5.75 Å². The van der Waals surface area contributed by atoms with Crippen LogP contribution in [0, 0.1) is 10.1 Å². The van der Waals surface area contributed by atoms with Crippen molar-refractivity contribution in [2.24, 2.45) is 5.73 Å². The number of nitro benzene ring substituents is 1. The van der Waals surface area contributed by atoms with Gasteiger partial charge in [-0.15, -0.1) is 0 Å². The van der Waals surface area contributed by atoms with E-state index in [0.717, 1.165) is 0 Å². The third-order valence-corrected chi connectivity index (χ3v) is 2.76. The summed E-state index contributed by atoms with van der Waals surface area (Å²) in [6.07, 6.45) is 0. The summed E-state index contributed by atoms with van der Waals surface area (Å²) in [6, 6.07) is 6.16. The van der Waals surface area contributed by atoms with Crippen LogP contribution in [0.3, 0.4) is 0 Å². The summed E-state index contributed by atoms with van der Waals surface area (Å²) >= 11 is 0. The van der Waals surface area contributed by atoms with Crippen LogP contribution >= 0.6 is 0 Å². The summed E-state index contributed by atoms with van der Waals surface area (Å²) in [5.74, 6) is 0.0380. The second-order valence-electron chi connectivity index (χ2n) is 4.63. The average molecular weight is 281 g/mol. The van der Waals surface area contributed by atoms with Gasteiger partial charge in [0.1, 0.15) is 12.4 Å². The van der Waals surface area contributed by atoms with Gasteiger partial charge in [-0.1, -0.05) is 6.07 Å². The quantitative estimate of drug-likeness (QED) is 0.569. The molecule has 0 heterocycles. The Morgan fingerprint density at radius 1 is 1.50 bits per heavy atom. The van der Waals surface area contributed by atoms with Gasteiger partial charge in [0.05, 0.1) is 17.5 Å². The number of primary amides is 1. The van der Waals surface area contributed by atoms with E-state index in [9.17, 15) is 14.9 Å². The molecule has 20 heavy (non-hydrogen) atoms. The topological polar surface area (TPSA) is 98.7 Å². The number of hydrogen-bond donors (Lipinski definition) is 1. The first kappa shape index (κ1) is 15.9. The maximum atomic E-state index is 10.9. The molecule has 0 atom stereocenters. The van der Waals surface area contributed by atoms with Crippen molar-refractivity contribution in [1.82, 2.24) is 4.90 Å². The molecule has 7 heteroatoms. The highest BCUT2D eigenvalue weighted by Gasteiger charge is 2.12. The van der Waals surface area contributed by atoms with Crippen molar-refractivity contribution >= 4 is 11.6 Å². The van der Waals surface area contributed by atoms with Crippen molar-refractivity contribution in [2.45, 2.75) is 19.9 Å². The predicted molar refractivity (Wildman–Crippen MR) is 74.5 cm³/mol. The molecule has 0 saturated carbocycles. The molecule has 0 aliphatic carbocycles. The molecule has 0 spiro atoms. The van der Waals surface area contributed by atoms with Crippen LogP contribution in [0.5, 0.6) is 5.75 Å². The number of amides is 1. The Morgan fingerprint density at radius 3 is 2.75 bits per heavy atom. The van der Waals surface area contributed by atoms with Gasteiger partial charge in [0.2, 0.25) is 5.91 Å². The molecule has 0 aliphatic rings. The fourth-order valence-electron chi connectivity index (χ4n) is 1.69. The monoisotopic (exact) mass is 281 g/mol. The van der Waals surface area contributed by atoms with Crippen molar-refractivity contribution < 1.29 is 14.5 Å². The second kappa shape index (κ2) is 7.44. The lowest BCUT2D eigenvalue weighted by Crippen LogP contribution is -2.40. The van der Waals surface area contributed by atoms with Gasteiger partial charge in [-0.3, -0.25) is 19.8 Å². The highest BCUT2D eigenvalue weighted by atomic mass is 16.6. The molecule has 0 fully saturated rings. The zero-order chi connectivity index (χ0) is 15.1. The van der Waals surface area contributed by atoms with Crippen LogP contribution in [0.15, 0.2) is 24.3 Å². The highest BCUT2D eigenvalue weighted by Crippen LogP contribution is 2.18. The normalized spacial score (nSPS) is 10.8. The van der Waals surface area contributed by atoms with Crippen LogP contribution in [0.25, 0.3) is 0 Å². The van der Waals surface area contributed by atoms with Gasteiger partial charge < -0.3 is 10.5 Å². The van der Waals surface area contributed by atoms with E-state index in [0.29, 0.717) is 18.9 Å². The molecule has 7 nitrogen and oxygen atoms in total. The summed E-state index contributed by atoms with van der Waals surface area (Å²) in [4.78, 5) is 23.0. The molecule has 110 valence electrons. The number of non-ortho nitro benzene ring substituents is 1. The molecular weight excluding hydrogens is 262 g/mol. The van der Waals surface area contributed by atoms with E-state index < -0.39 is 10.8 Å². The van der Waals surface area contributed by atoms with Crippen LogP contribution in [-0.2, 0) is 4.79 Å². The van der Waals surface area contributed by atoms with Crippen LogP contribution in [-0.4, -0.2) is 41.5 Å². The zero-order valence-electron chi connectivity index (χ0n) is 11.6. The molecule has 0 saturated heterocycles. The fraction of sp³-hybridized carbons (Fsp3) is 0.462. The van der Waals surface area contributed by atoms with Gasteiger partial charge in [-0.2, -0.15) is 0 Å². The Bertz CT molecular complexity index is 476. The second-order valence-corrected chi connectivity index (χ2v) is 4.63. The van der Waals surface area contributed by atoms with Gasteiger partial charge in [0.25, 0.3) is 5.69 Å². The number of carbonyl (C=O) groups is 1. The summed E-state index contributed by atoms with van der Waals surface area (Å²) in [5.41, 5.74) is 5.16. The first-order valence-electron chi connectivity index (χ1n) is 6.29. The van der Waals surface area contributed by atoms with Gasteiger partial charge in [-0.25, -0.2) is 0 Å². The number of ether oxygens (including phenoxy) is 1. The third-order valence-electron chi connectivity index (χ3n) is 2.76. The van der Waals surface area contributed by atoms with Gasteiger partial charge in [-0.05, 0) is 19.9 Å². The highest BCUT2D eigenvalue weighted by molar-refractivity contribution is 5.75. The lowest BCUT2D eigenvalue weighted by atomic mass is 10.3. The fourth-order valence-corrected chi connectivity index (χ4v) is 1.69. The number of hydrogen-bond acceptors (Lipinski definition) is 5. The molecule has 0 unspecified atom stereocenters. The number of rotatable bonds is 8.